The number of carbonyl (C=O) groups is 1. The highest BCUT2D eigenvalue weighted by Crippen LogP contribution is 2.17. The summed E-state index contributed by atoms with van der Waals surface area (Å²) >= 11 is 0. The average Bonchev–Trinajstić information content (AvgIpc) is 2.47. The third-order valence-corrected chi connectivity index (χ3v) is 5.40. The molecule has 6 nitrogen and oxygen atoms in total. The highest BCUT2D eigenvalue weighted by molar-refractivity contribution is 7.88. The van der Waals surface area contributed by atoms with E-state index in [4.69, 9.17) is 0 Å². The van der Waals surface area contributed by atoms with Crippen LogP contribution in [-0.2, 0) is 10.0 Å². The van der Waals surface area contributed by atoms with E-state index >= 15 is 0 Å². The van der Waals surface area contributed by atoms with Crippen molar-refractivity contribution in [1.29, 1.82) is 0 Å². The predicted molar refractivity (Wildman–Crippen MR) is 92.1 cm³/mol. The molecule has 2 N–H and O–H groups in total. The molecular formula is C16H25N3O3S. The first kappa shape index (κ1) is 17.7. The molecule has 7 heteroatoms. The van der Waals surface area contributed by atoms with Crippen molar-refractivity contribution in [1.82, 2.24) is 9.62 Å². The molecule has 128 valence electrons. The molecule has 0 aliphatic carbocycles. The Bertz CT molecular complexity index is 633. The molecule has 1 fully saturated rings. The van der Waals surface area contributed by atoms with E-state index in [1.807, 2.05) is 24.3 Å². The van der Waals surface area contributed by atoms with Gasteiger partial charge in [0, 0.05) is 24.8 Å². The Morgan fingerprint density at radius 2 is 1.74 bits per heavy atom. The summed E-state index contributed by atoms with van der Waals surface area (Å²) in [5.74, 6) is 0.456. The van der Waals surface area contributed by atoms with Gasteiger partial charge in [-0.05, 0) is 36.5 Å². The van der Waals surface area contributed by atoms with Crippen LogP contribution in [-0.4, -0.2) is 44.1 Å². The van der Waals surface area contributed by atoms with Gasteiger partial charge in [-0.25, -0.2) is 17.5 Å². The molecule has 1 aromatic carbocycles. The fourth-order valence-corrected chi connectivity index (χ4v) is 3.51. The van der Waals surface area contributed by atoms with Gasteiger partial charge < -0.3 is 10.6 Å². The first-order valence-corrected chi connectivity index (χ1v) is 9.73. The van der Waals surface area contributed by atoms with Crippen molar-refractivity contribution in [3.8, 4) is 0 Å². The minimum atomic E-state index is -3.13. The van der Waals surface area contributed by atoms with Crippen LogP contribution in [0.5, 0.6) is 0 Å². The summed E-state index contributed by atoms with van der Waals surface area (Å²) in [5.41, 5.74) is 1.98. The molecular weight excluding hydrogens is 314 g/mol. The molecule has 0 saturated carbocycles. The maximum absolute atomic E-state index is 12.0. The van der Waals surface area contributed by atoms with Gasteiger partial charge in [-0.1, -0.05) is 26.0 Å². The lowest BCUT2D eigenvalue weighted by Gasteiger charge is -2.30. The van der Waals surface area contributed by atoms with Crippen molar-refractivity contribution in [2.75, 3.05) is 24.7 Å². The summed E-state index contributed by atoms with van der Waals surface area (Å²) in [7, 11) is -3.13. The number of benzene rings is 1. The van der Waals surface area contributed by atoms with E-state index in [0.29, 0.717) is 31.8 Å². The van der Waals surface area contributed by atoms with Gasteiger partial charge in [0.2, 0.25) is 10.0 Å². The standard InChI is InChI=1S/C16H25N3O3S/c1-12(2)13-4-6-14(7-5-13)17-16(20)18-15-8-10-19(11-9-15)23(3,21)22/h4-7,12,15H,8-11H2,1-3H3,(H2,17,18,20). The van der Waals surface area contributed by atoms with Crippen LogP contribution >= 0.6 is 0 Å². The van der Waals surface area contributed by atoms with Crippen molar-refractivity contribution < 1.29 is 13.2 Å². The van der Waals surface area contributed by atoms with Crippen LogP contribution in [0.4, 0.5) is 10.5 Å². The molecule has 0 spiro atoms. The third kappa shape index (κ3) is 5.21. The SMILES string of the molecule is CC(C)c1ccc(NC(=O)NC2CCN(S(C)(=O)=O)CC2)cc1. The number of nitrogens with zero attached hydrogens (tertiary/aromatic N) is 1. The Balaban J connectivity index is 1.81. The number of anilines is 1. The van der Waals surface area contributed by atoms with Crippen molar-refractivity contribution in [2.24, 2.45) is 0 Å². The summed E-state index contributed by atoms with van der Waals surface area (Å²) in [6.07, 6.45) is 2.48. The number of sulfonamides is 1. The molecule has 23 heavy (non-hydrogen) atoms. The summed E-state index contributed by atoms with van der Waals surface area (Å²) in [6, 6.07) is 7.54. The van der Waals surface area contributed by atoms with E-state index in [-0.39, 0.29) is 12.1 Å². The van der Waals surface area contributed by atoms with Crippen molar-refractivity contribution in [3.63, 3.8) is 0 Å². The molecule has 1 heterocycles. The van der Waals surface area contributed by atoms with Gasteiger partial charge in [0.25, 0.3) is 0 Å². The topological polar surface area (TPSA) is 78.5 Å². The van der Waals surface area contributed by atoms with Crippen LogP contribution in [0.15, 0.2) is 24.3 Å². The number of carbonyl (C=O) groups excluding carboxylic acids is 1. The molecule has 1 aliphatic rings. The van der Waals surface area contributed by atoms with Crippen LogP contribution in [0.25, 0.3) is 0 Å². The minimum Gasteiger partial charge on any atom is -0.335 e. The number of urea groups is 1. The maximum Gasteiger partial charge on any atom is 0.319 e. The molecule has 0 bridgehead atoms. The number of hydrogen-bond acceptors (Lipinski definition) is 3. The summed E-state index contributed by atoms with van der Waals surface area (Å²) < 4.78 is 24.4. The molecule has 1 saturated heterocycles. The fraction of sp³-hybridized carbons (Fsp3) is 0.562. The van der Waals surface area contributed by atoms with E-state index in [1.165, 1.54) is 16.1 Å². The molecule has 0 aromatic heterocycles. The molecule has 0 unspecified atom stereocenters. The number of hydrogen-bond donors (Lipinski definition) is 2. The van der Waals surface area contributed by atoms with Crippen molar-refractivity contribution in [3.05, 3.63) is 29.8 Å². The van der Waals surface area contributed by atoms with Crippen LogP contribution in [0.1, 0.15) is 38.2 Å². The molecule has 2 rings (SSSR count). The van der Waals surface area contributed by atoms with E-state index in [9.17, 15) is 13.2 Å². The van der Waals surface area contributed by atoms with Crippen LogP contribution in [0, 0.1) is 0 Å². The van der Waals surface area contributed by atoms with Gasteiger partial charge in [0.05, 0.1) is 6.26 Å². The Morgan fingerprint density at radius 1 is 1.17 bits per heavy atom. The van der Waals surface area contributed by atoms with Gasteiger partial charge in [0.1, 0.15) is 0 Å². The Kier molecular flexibility index (Phi) is 5.64. The molecule has 0 atom stereocenters. The predicted octanol–water partition coefficient (Wildman–Crippen LogP) is 2.36. The minimum absolute atomic E-state index is 0.00272. The zero-order chi connectivity index (χ0) is 17.0. The lowest BCUT2D eigenvalue weighted by Crippen LogP contribution is -2.47. The second-order valence-electron chi connectivity index (χ2n) is 6.31. The quantitative estimate of drug-likeness (QED) is 0.884. The number of amides is 2. The lowest BCUT2D eigenvalue weighted by molar-refractivity contribution is 0.238. The normalized spacial score (nSPS) is 17.2. The summed E-state index contributed by atoms with van der Waals surface area (Å²) in [5, 5.41) is 5.72. The van der Waals surface area contributed by atoms with E-state index in [2.05, 4.69) is 24.5 Å². The summed E-state index contributed by atoms with van der Waals surface area (Å²) in [4.78, 5) is 12.0. The highest BCUT2D eigenvalue weighted by atomic mass is 32.2. The second-order valence-corrected chi connectivity index (χ2v) is 8.29. The lowest BCUT2D eigenvalue weighted by atomic mass is 10.0. The monoisotopic (exact) mass is 339 g/mol. The average molecular weight is 339 g/mol. The first-order chi connectivity index (χ1) is 10.8. The van der Waals surface area contributed by atoms with Gasteiger partial charge in [-0.2, -0.15) is 0 Å². The Morgan fingerprint density at radius 3 is 2.22 bits per heavy atom. The molecule has 1 aromatic rings. The van der Waals surface area contributed by atoms with Crippen molar-refractivity contribution in [2.45, 2.75) is 38.6 Å². The van der Waals surface area contributed by atoms with Gasteiger partial charge in [0.15, 0.2) is 0 Å². The largest absolute Gasteiger partial charge is 0.335 e. The number of piperidine rings is 1. The zero-order valence-electron chi connectivity index (χ0n) is 13.9. The van der Waals surface area contributed by atoms with Gasteiger partial charge >= 0.3 is 6.03 Å². The van der Waals surface area contributed by atoms with E-state index in [0.717, 1.165) is 5.69 Å². The fourth-order valence-electron chi connectivity index (χ4n) is 2.64. The van der Waals surface area contributed by atoms with Gasteiger partial charge in [-0.3, -0.25) is 0 Å². The maximum atomic E-state index is 12.0. The van der Waals surface area contributed by atoms with Gasteiger partial charge in [-0.15, -0.1) is 0 Å². The van der Waals surface area contributed by atoms with Crippen molar-refractivity contribution >= 4 is 21.7 Å². The van der Waals surface area contributed by atoms with E-state index in [1.54, 1.807) is 0 Å². The molecule has 0 radical (unpaired) electrons. The number of nitrogens with one attached hydrogen (secondary N) is 2. The zero-order valence-corrected chi connectivity index (χ0v) is 14.7. The van der Waals surface area contributed by atoms with Crippen LogP contribution in [0.2, 0.25) is 0 Å². The smallest absolute Gasteiger partial charge is 0.319 e. The first-order valence-electron chi connectivity index (χ1n) is 7.88. The van der Waals surface area contributed by atoms with Crippen LogP contribution in [0.3, 0.4) is 0 Å². The second kappa shape index (κ2) is 7.31. The van der Waals surface area contributed by atoms with Crippen LogP contribution < -0.4 is 10.6 Å². The third-order valence-electron chi connectivity index (χ3n) is 4.09. The summed E-state index contributed by atoms with van der Waals surface area (Å²) in [6.45, 7) is 5.15. The Labute approximate surface area is 138 Å². The molecule has 2 amide bonds. The number of rotatable bonds is 4. The highest BCUT2D eigenvalue weighted by Gasteiger charge is 2.25. The molecule has 1 aliphatic heterocycles. The van der Waals surface area contributed by atoms with E-state index < -0.39 is 10.0 Å². The Hall–Kier alpha value is -1.60.